The summed E-state index contributed by atoms with van der Waals surface area (Å²) in [5.74, 6) is 0. The minimum atomic E-state index is 0.479. The highest BCUT2D eigenvalue weighted by molar-refractivity contribution is 7.99. The summed E-state index contributed by atoms with van der Waals surface area (Å²) in [4.78, 5) is 1.86. The van der Waals surface area contributed by atoms with Crippen LogP contribution in [0, 0.1) is 0 Å². The Bertz CT molecular complexity index is 572. The molecule has 0 spiro atoms. The Kier molecular flexibility index (Phi) is 4.82. The molecule has 94 valence electrons. The molecule has 2 rings (SSSR count). The van der Waals surface area contributed by atoms with Crippen molar-refractivity contribution < 1.29 is 0 Å². The second-order valence-corrected chi connectivity index (χ2v) is 5.98. The van der Waals surface area contributed by atoms with Crippen molar-refractivity contribution in [1.82, 2.24) is 0 Å². The van der Waals surface area contributed by atoms with Crippen LogP contribution in [0.25, 0.3) is 0 Å². The maximum atomic E-state index is 6.20. The third kappa shape index (κ3) is 3.34. The lowest BCUT2D eigenvalue weighted by molar-refractivity contribution is 1.07. The molecule has 0 aliphatic carbocycles. The van der Waals surface area contributed by atoms with Gasteiger partial charge in [0.25, 0.3) is 0 Å². The zero-order valence-corrected chi connectivity index (χ0v) is 12.4. The lowest BCUT2D eigenvalue weighted by Crippen LogP contribution is -1.95. The van der Waals surface area contributed by atoms with Crippen molar-refractivity contribution in [3.8, 4) is 0 Å². The molecule has 1 nitrogen and oxygen atoms in total. The Hall–Kier alpha value is -0.380. The summed E-state index contributed by atoms with van der Waals surface area (Å²) in [5, 5.41) is 1.91. The number of nitrogens with two attached hydrogens (primary N) is 1. The van der Waals surface area contributed by atoms with E-state index in [-0.39, 0.29) is 0 Å². The van der Waals surface area contributed by atoms with Gasteiger partial charge in [-0.25, -0.2) is 0 Å². The molecule has 0 radical (unpaired) electrons. The zero-order chi connectivity index (χ0) is 13.1. The summed E-state index contributed by atoms with van der Waals surface area (Å²) >= 11 is 19.7. The van der Waals surface area contributed by atoms with Crippen molar-refractivity contribution in [2.45, 2.75) is 16.3 Å². The van der Waals surface area contributed by atoms with E-state index in [9.17, 15) is 0 Å². The Morgan fingerprint density at radius 3 is 2.06 bits per heavy atom. The van der Waals surface area contributed by atoms with Gasteiger partial charge in [-0.3, -0.25) is 0 Å². The van der Waals surface area contributed by atoms with Crippen molar-refractivity contribution in [1.29, 1.82) is 0 Å². The van der Waals surface area contributed by atoms with E-state index in [0.717, 1.165) is 15.4 Å². The molecule has 0 unspecified atom stereocenters. The average molecular weight is 319 g/mol. The summed E-state index contributed by atoms with van der Waals surface area (Å²) in [6, 6.07) is 11.2. The summed E-state index contributed by atoms with van der Waals surface area (Å²) in [7, 11) is 0. The Morgan fingerprint density at radius 2 is 1.50 bits per heavy atom. The predicted octanol–water partition coefficient (Wildman–Crippen LogP) is 5.26. The normalized spacial score (nSPS) is 10.7. The van der Waals surface area contributed by atoms with Gasteiger partial charge in [-0.2, -0.15) is 0 Å². The first-order valence-electron chi connectivity index (χ1n) is 5.21. The van der Waals surface area contributed by atoms with Gasteiger partial charge in [-0.15, -0.1) is 0 Å². The van der Waals surface area contributed by atoms with Gasteiger partial charge in [0.1, 0.15) is 0 Å². The van der Waals surface area contributed by atoms with Crippen LogP contribution < -0.4 is 5.73 Å². The number of hydrogen-bond acceptors (Lipinski definition) is 2. The maximum Gasteiger partial charge on any atom is 0.0560 e. The second-order valence-electron chi connectivity index (χ2n) is 3.65. The largest absolute Gasteiger partial charge is 0.326 e. The molecule has 0 aromatic heterocycles. The lowest BCUT2D eigenvalue weighted by Gasteiger charge is -2.07. The molecule has 0 bridgehead atoms. The first-order valence-corrected chi connectivity index (χ1v) is 7.16. The third-order valence-corrected chi connectivity index (χ3v) is 4.58. The molecule has 2 N–H and O–H groups in total. The number of rotatable bonds is 3. The fourth-order valence-corrected chi connectivity index (χ4v) is 3.10. The summed E-state index contributed by atoms with van der Waals surface area (Å²) < 4.78 is 0. The SMILES string of the molecule is NCc1ccc(Sc2ccc(Cl)cc2Cl)c(Cl)c1. The van der Waals surface area contributed by atoms with E-state index in [1.807, 2.05) is 24.3 Å². The van der Waals surface area contributed by atoms with E-state index >= 15 is 0 Å². The van der Waals surface area contributed by atoms with E-state index in [1.54, 1.807) is 12.1 Å². The molecule has 0 heterocycles. The highest BCUT2D eigenvalue weighted by atomic mass is 35.5. The molecule has 0 fully saturated rings. The highest BCUT2D eigenvalue weighted by Crippen LogP contribution is 2.38. The van der Waals surface area contributed by atoms with Crippen molar-refractivity contribution in [2.75, 3.05) is 0 Å². The van der Waals surface area contributed by atoms with E-state index < -0.39 is 0 Å². The van der Waals surface area contributed by atoms with Crippen LogP contribution in [0.4, 0.5) is 0 Å². The van der Waals surface area contributed by atoms with Gasteiger partial charge in [0.2, 0.25) is 0 Å². The lowest BCUT2D eigenvalue weighted by atomic mass is 10.2. The van der Waals surface area contributed by atoms with E-state index in [2.05, 4.69) is 0 Å². The minimum Gasteiger partial charge on any atom is -0.326 e. The summed E-state index contributed by atoms with van der Waals surface area (Å²) in [6.07, 6.45) is 0. The molecule has 0 saturated carbocycles. The molecule has 0 amide bonds. The quantitative estimate of drug-likeness (QED) is 0.835. The number of benzene rings is 2. The number of hydrogen-bond donors (Lipinski definition) is 1. The van der Waals surface area contributed by atoms with Gasteiger partial charge in [0.05, 0.1) is 10.0 Å². The summed E-state index contributed by atoms with van der Waals surface area (Å²) in [6.45, 7) is 0.479. The maximum absolute atomic E-state index is 6.20. The standard InChI is InChI=1S/C13H10Cl3NS/c14-9-2-4-13(11(16)6-9)18-12-3-1-8(7-17)5-10(12)15/h1-6H,7,17H2. The van der Waals surface area contributed by atoms with Crippen molar-refractivity contribution in [3.05, 3.63) is 57.0 Å². The fourth-order valence-electron chi connectivity index (χ4n) is 1.43. The smallest absolute Gasteiger partial charge is 0.0560 e. The summed E-state index contributed by atoms with van der Waals surface area (Å²) in [5.41, 5.74) is 6.57. The van der Waals surface area contributed by atoms with Gasteiger partial charge < -0.3 is 5.73 Å². The fraction of sp³-hybridized carbons (Fsp3) is 0.0769. The van der Waals surface area contributed by atoms with Crippen LogP contribution in [-0.2, 0) is 6.54 Å². The van der Waals surface area contributed by atoms with Crippen LogP contribution in [0.5, 0.6) is 0 Å². The van der Waals surface area contributed by atoms with Gasteiger partial charge in [0.15, 0.2) is 0 Å². The Labute approximate surface area is 125 Å². The predicted molar refractivity (Wildman–Crippen MR) is 79.9 cm³/mol. The third-order valence-electron chi connectivity index (χ3n) is 2.35. The Morgan fingerprint density at radius 1 is 0.889 bits per heavy atom. The van der Waals surface area contributed by atoms with Crippen LogP contribution >= 0.6 is 46.6 Å². The monoisotopic (exact) mass is 317 g/mol. The average Bonchev–Trinajstić information content (AvgIpc) is 2.34. The van der Waals surface area contributed by atoms with Crippen LogP contribution in [0.2, 0.25) is 15.1 Å². The molecular weight excluding hydrogens is 309 g/mol. The van der Waals surface area contributed by atoms with Crippen molar-refractivity contribution in [3.63, 3.8) is 0 Å². The molecule has 0 saturated heterocycles. The highest BCUT2D eigenvalue weighted by Gasteiger charge is 2.07. The van der Waals surface area contributed by atoms with E-state index in [1.165, 1.54) is 11.8 Å². The van der Waals surface area contributed by atoms with E-state index in [4.69, 9.17) is 40.5 Å². The molecule has 2 aromatic rings. The molecule has 2 aromatic carbocycles. The molecule has 5 heteroatoms. The van der Waals surface area contributed by atoms with Gasteiger partial charge >= 0.3 is 0 Å². The molecule has 0 aliphatic heterocycles. The molecule has 0 atom stereocenters. The van der Waals surface area contributed by atoms with Gasteiger partial charge in [-0.05, 0) is 35.9 Å². The van der Waals surface area contributed by atoms with Crippen LogP contribution in [0.15, 0.2) is 46.2 Å². The Balaban J connectivity index is 2.28. The van der Waals surface area contributed by atoms with Crippen molar-refractivity contribution in [2.24, 2.45) is 5.73 Å². The van der Waals surface area contributed by atoms with Crippen molar-refractivity contribution >= 4 is 46.6 Å². The van der Waals surface area contributed by atoms with Crippen LogP contribution in [-0.4, -0.2) is 0 Å². The minimum absolute atomic E-state index is 0.479. The molecule has 18 heavy (non-hydrogen) atoms. The molecular formula is C13H10Cl3NS. The first-order chi connectivity index (χ1) is 8.60. The second kappa shape index (κ2) is 6.18. The van der Waals surface area contributed by atoms with Gasteiger partial charge in [-0.1, -0.05) is 52.6 Å². The molecule has 0 aliphatic rings. The first kappa shape index (κ1) is 14.0. The topological polar surface area (TPSA) is 26.0 Å². The van der Waals surface area contributed by atoms with Crippen LogP contribution in [0.1, 0.15) is 5.56 Å². The zero-order valence-electron chi connectivity index (χ0n) is 9.29. The number of halogens is 3. The van der Waals surface area contributed by atoms with Crippen LogP contribution in [0.3, 0.4) is 0 Å². The van der Waals surface area contributed by atoms with Gasteiger partial charge in [0, 0.05) is 21.4 Å². The van der Waals surface area contributed by atoms with E-state index in [0.29, 0.717) is 21.6 Å².